The number of carbonyl (C=O) groups is 1. The molecule has 0 radical (unpaired) electrons. The number of allylic oxidation sites excluding steroid dienone is 1. The maximum absolute atomic E-state index is 13.7. The van der Waals surface area contributed by atoms with Crippen molar-refractivity contribution in [2.24, 2.45) is 0 Å². The maximum atomic E-state index is 13.7. The number of rotatable bonds is 7. The van der Waals surface area contributed by atoms with Gasteiger partial charge in [-0.2, -0.15) is 4.98 Å². The topological polar surface area (TPSA) is 112 Å². The number of amides is 1. The van der Waals surface area contributed by atoms with Gasteiger partial charge in [-0.1, -0.05) is 18.2 Å². The number of aromatic nitrogens is 4. The molecule has 1 aliphatic heterocycles. The molecule has 2 aromatic heterocycles. The Morgan fingerprint density at radius 3 is 2.43 bits per heavy atom. The molecule has 0 spiro atoms. The van der Waals surface area contributed by atoms with Crippen molar-refractivity contribution in [1.29, 1.82) is 0 Å². The van der Waals surface area contributed by atoms with Crippen molar-refractivity contribution in [3.05, 3.63) is 83.8 Å². The number of para-hydroxylation sites is 2. The summed E-state index contributed by atoms with van der Waals surface area (Å²) in [7, 11) is 4.74. The van der Waals surface area contributed by atoms with Gasteiger partial charge >= 0.3 is 0 Å². The van der Waals surface area contributed by atoms with Crippen LogP contribution in [0.1, 0.15) is 18.5 Å². The van der Waals surface area contributed by atoms with Gasteiger partial charge in [0.05, 0.1) is 32.6 Å². The van der Waals surface area contributed by atoms with Gasteiger partial charge in [-0.25, -0.2) is 4.68 Å². The summed E-state index contributed by atoms with van der Waals surface area (Å²) in [6.07, 6.45) is 3.41. The van der Waals surface area contributed by atoms with Gasteiger partial charge in [0, 0.05) is 29.7 Å². The quantitative estimate of drug-likeness (QED) is 0.388. The number of fused-ring (bicyclic) bond motifs is 1. The minimum Gasteiger partial charge on any atom is -0.497 e. The predicted octanol–water partition coefficient (Wildman–Crippen LogP) is 4.29. The van der Waals surface area contributed by atoms with Crippen LogP contribution in [-0.2, 0) is 4.79 Å². The maximum Gasteiger partial charge on any atom is 0.255 e. The van der Waals surface area contributed by atoms with Crippen molar-refractivity contribution < 1.29 is 19.0 Å². The molecular formula is C27H26N6O4. The van der Waals surface area contributed by atoms with E-state index in [1.165, 1.54) is 0 Å². The summed E-state index contributed by atoms with van der Waals surface area (Å²) in [6, 6.07) is 15.9. The summed E-state index contributed by atoms with van der Waals surface area (Å²) < 4.78 is 17.9. The number of hydrogen-bond donors (Lipinski definition) is 2. The number of carbonyl (C=O) groups excluding carboxylic acids is 1. The molecule has 4 aromatic rings. The molecule has 2 aromatic carbocycles. The minimum absolute atomic E-state index is 0.297. The third-order valence-corrected chi connectivity index (χ3v) is 6.06. The van der Waals surface area contributed by atoms with Crippen LogP contribution in [0.3, 0.4) is 0 Å². The van der Waals surface area contributed by atoms with Gasteiger partial charge in [0.2, 0.25) is 5.95 Å². The molecule has 188 valence electrons. The van der Waals surface area contributed by atoms with Crippen LogP contribution in [-0.4, -0.2) is 47.0 Å². The lowest BCUT2D eigenvalue weighted by Crippen LogP contribution is -2.31. The predicted molar refractivity (Wildman–Crippen MR) is 139 cm³/mol. The van der Waals surface area contributed by atoms with E-state index in [9.17, 15) is 4.79 Å². The van der Waals surface area contributed by atoms with E-state index < -0.39 is 6.04 Å². The fraction of sp³-hybridized carbons (Fsp3) is 0.185. The Hall–Kier alpha value is -4.86. The van der Waals surface area contributed by atoms with Crippen molar-refractivity contribution in [1.82, 2.24) is 19.7 Å². The van der Waals surface area contributed by atoms with Gasteiger partial charge in [0.15, 0.2) is 5.82 Å². The molecule has 1 atom stereocenters. The first-order valence-corrected chi connectivity index (χ1v) is 11.5. The molecule has 10 nitrogen and oxygen atoms in total. The van der Waals surface area contributed by atoms with Crippen LogP contribution in [0.15, 0.2) is 78.3 Å². The summed E-state index contributed by atoms with van der Waals surface area (Å²) in [5.74, 6) is 2.44. The Morgan fingerprint density at radius 2 is 1.76 bits per heavy atom. The van der Waals surface area contributed by atoms with Crippen molar-refractivity contribution in [2.75, 3.05) is 32.0 Å². The monoisotopic (exact) mass is 498 g/mol. The molecule has 0 unspecified atom stereocenters. The summed E-state index contributed by atoms with van der Waals surface area (Å²) in [5.41, 5.74) is 3.19. The number of nitrogens with zero attached hydrogens (tertiary/aromatic N) is 4. The highest BCUT2D eigenvalue weighted by molar-refractivity contribution is 6.06. The number of ether oxygens (including phenoxy) is 3. The molecule has 1 aliphatic rings. The molecule has 0 bridgehead atoms. The average molecular weight is 499 g/mol. The number of pyridine rings is 1. The van der Waals surface area contributed by atoms with Crippen LogP contribution >= 0.6 is 0 Å². The second kappa shape index (κ2) is 10.0. The largest absolute Gasteiger partial charge is 0.497 e. The number of anilines is 2. The highest BCUT2D eigenvalue weighted by Gasteiger charge is 2.35. The highest BCUT2D eigenvalue weighted by atomic mass is 16.5. The molecule has 37 heavy (non-hydrogen) atoms. The zero-order chi connectivity index (χ0) is 25.9. The van der Waals surface area contributed by atoms with Gasteiger partial charge in [0.25, 0.3) is 5.91 Å². The van der Waals surface area contributed by atoms with Gasteiger partial charge in [-0.05, 0) is 42.8 Å². The lowest BCUT2D eigenvalue weighted by atomic mass is 9.96. The van der Waals surface area contributed by atoms with Gasteiger partial charge in [0.1, 0.15) is 23.3 Å². The molecule has 2 N–H and O–H groups in total. The van der Waals surface area contributed by atoms with Crippen LogP contribution in [0.25, 0.3) is 11.4 Å². The summed E-state index contributed by atoms with van der Waals surface area (Å²) >= 11 is 0. The Kier molecular flexibility index (Phi) is 6.46. The molecule has 1 amide bonds. The van der Waals surface area contributed by atoms with Crippen LogP contribution in [0.4, 0.5) is 11.6 Å². The SMILES string of the molecule is COc1cc(OC)cc(-c2nc3n(n2)[C@H](c2cccnc2)C(C(=O)Nc2ccccc2OC)=C(C)N3)c1. The zero-order valence-corrected chi connectivity index (χ0v) is 20.9. The molecule has 10 heteroatoms. The standard InChI is InChI=1S/C27H26N6O4/c1-16-23(26(34)30-21-9-5-6-10-22(21)37-4)24(17-8-7-11-28-15-17)33-27(29-16)31-25(32-33)18-12-19(35-2)14-20(13-18)36-3/h5-15,24H,1-4H3,(H,30,34)(H,29,31,32)/t24-/m1/s1. The number of nitrogens with one attached hydrogen (secondary N) is 2. The number of benzene rings is 2. The van der Waals surface area contributed by atoms with Gasteiger partial charge < -0.3 is 24.8 Å². The van der Waals surface area contributed by atoms with Crippen molar-refractivity contribution in [2.45, 2.75) is 13.0 Å². The Morgan fingerprint density at radius 1 is 1.00 bits per heavy atom. The Bertz CT molecular complexity index is 1460. The first-order valence-electron chi connectivity index (χ1n) is 11.5. The summed E-state index contributed by atoms with van der Waals surface area (Å²) in [5, 5.41) is 11.0. The van der Waals surface area contributed by atoms with E-state index in [-0.39, 0.29) is 5.91 Å². The van der Waals surface area contributed by atoms with Crippen LogP contribution in [0, 0.1) is 0 Å². The lowest BCUT2D eigenvalue weighted by molar-refractivity contribution is -0.113. The second-order valence-corrected chi connectivity index (χ2v) is 8.31. The van der Waals surface area contributed by atoms with Crippen molar-refractivity contribution in [3.63, 3.8) is 0 Å². The van der Waals surface area contributed by atoms with Crippen molar-refractivity contribution in [3.8, 4) is 28.6 Å². The van der Waals surface area contributed by atoms with Gasteiger partial charge in [-0.15, -0.1) is 5.10 Å². The van der Waals surface area contributed by atoms with E-state index in [0.29, 0.717) is 51.5 Å². The normalized spacial score (nSPS) is 14.4. The average Bonchev–Trinajstić information content (AvgIpc) is 3.36. The van der Waals surface area contributed by atoms with E-state index >= 15 is 0 Å². The summed E-state index contributed by atoms with van der Waals surface area (Å²) in [4.78, 5) is 22.7. The molecular weight excluding hydrogens is 472 g/mol. The summed E-state index contributed by atoms with van der Waals surface area (Å²) in [6.45, 7) is 1.84. The van der Waals surface area contributed by atoms with E-state index in [2.05, 4.69) is 15.6 Å². The molecule has 0 saturated heterocycles. The third-order valence-electron chi connectivity index (χ3n) is 6.06. The fourth-order valence-electron chi connectivity index (χ4n) is 4.29. The van der Waals surface area contributed by atoms with Crippen LogP contribution in [0.5, 0.6) is 17.2 Å². The van der Waals surface area contributed by atoms with E-state index in [0.717, 1.165) is 5.56 Å². The van der Waals surface area contributed by atoms with E-state index in [1.807, 2.05) is 43.3 Å². The van der Waals surface area contributed by atoms with Crippen LogP contribution < -0.4 is 24.8 Å². The van der Waals surface area contributed by atoms with Crippen LogP contribution in [0.2, 0.25) is 0 Å². The smallest absolute Gasteiger partial charge is 0.255 e. The first-order chi connectivity index (χ1) is 18.0. The minimum atomic E-state index is -0.576. The molecule has 3 heterocycles. The lowest BCUT2D eigenvalue weighted by Gasteiger charge is -2.28. The molecule has 0 fully saturated rings. The zero-order valence-electron chi connectivity index (χ0n) is 20.9. The van der Waals surface area contributed by atoms with E-state index in [1.54, 1.807) is 56.6 Å². The first kappa shape index (κ1) is 23.9. The highest BCUT2D eigenvalue weighted by Crippen LogP contribution is 2.38. The third kappa shape index (κ3) is 4.56. The molecule has 0 saturated carbocycles. The Balaban J connectivity index is 1.59. The Labute approximate surface area is 213 Å². The van der Waals surface area contributed by atoms with Gasteiger partial charge in [-0.3, -0.25) is 9.78 Å². The fourth-order valence-corrected chi connectivity index (χ4v) is 4.29. The van der Waals surface area contributed by atoms with E-state index in [4.69, 9.17) is 24.3 Å². The number of methoxy groups -OCH3 is 3. The molecule has 0 aliphatic carbocycles. The molecule has 5 rings (SSSR count). The number of hydrogen-bond acceptors (Lipinski definition) is 8. The van der Waals surface area contributed by atoms with Crippen molar-refractivity contribution >= 4 is 17.5 Å². The second-order valence-electron chi connectivity index (χ2n) is 8.31.